The molecule has 0 aliphatic carbocycles. The standard InChI is InChI=1S/C19H22N2O5S/c1-4-12-27(24,25)21-17-7-5-6-16(13(17)2)20-18(22)14-8-10-15(11-9-14)19(23)26-3/h5-11,21H,4,12H2,1-3H3,(H,20,22). The van der Waals surface area contributed by atoms with Crippen LogP contribution in [0.25, 0.3) is 0 Å². The summed E-state index contributed by atoms with van der Waals surface area (Å²) in [6, 6.07) is 11.0. The lowest BCUT2D eigenvalue weighted by molar-refractivity contribution is 0.0600. The normalized spacial score (nSPS) is 10.9. The topological polar surface area (TPSA) is 102 Å². The number of rotatable bonds is 7. The van der Waals surface area contributed by atoms with Crippen LogP contribution in [0.4, 0.5) is 11.4 Å². The van der Waals surface area contributed by atoms with Gasteiger partial charge in [-0.1, -0.05) is 13.0 Å². The van der Waals surface area contributed by atoms with Crippen LogP contribution in [0.1, 0.15) is 39.6 Å². The van der Waals surface area contributed by atoms with Gasteiger partial charge in [-0.25, -0.2) is 13.2 Å². The average Bonchev–Trinajstić information content (AvgIpc) is 2.64. The number of hydrogen-bond acceptors (Lipinski definition) is 5. The van der Waals surface area contributed by atoms with Gasteiger partial charge in [0.15, 0.2) is 0 Å². The lowest BCUT2D eigenvalue weighted by Crippen LogP contribution is -2.18. The average molecular weight is 390 g/mol. The van der Waals surface area contributed by atoms with E-state index in [4.69, 9.17) is 0 Å². The van der Waals surface area contributed by atoms with Gasteiger partial charge in [-0.05, 0) is 55.3 Å². The molecule has 27 heavy (non-hydrogen) atoms. The highest BCUT2D eigenvalue weighted by molar-refractivity contribution is 7.92. The number of anilines is 2. The monoisotopic (exact) mass is 390 g/mol. The molecule has 0 unspecified atom stereocenters. The number of sulfonamides is 1. The number of amides is 1. The van der Waals surface area contributed by atoms with Crippen LogP contribution in [0, 0.1) is 6.92 Å². The molecule has 0 saturated heterocycles. The van der Waals surface area contributed by atoms with E-state index < -0.39 is 16.0 Å². The number of carbonyl (C=O) groups excluding carboxylic acids is 2. The lowest BCUT2D eigenvalue weighted by atomic mass is 10.1. The van der Waals surface area contributed by atoms with Crippen molar-refractivity contribution in [3.05, 3.63) is 59.2 Å². The first kappa shape index (κ1) is 20.4. The van der Waals surface area contributed by atoms with Gasteiger partial charge in [0.1, 0.15) is 0 Å². The molecule has 8 heteroatoms. The molecular formula is C19H22N2O5S. The summed E-state index contributed by atoms with van der Waals surface area (Å²) in [7, 11) is -2.14. The summed E-state index contributed by atoms with van der Waals surface area (Å²) in [5.41, 5.74) is 2.23. The molecule has 0 radical (unpaired) electrons. The molecule has 2 rings (SSSR count). The summed E-state index contributed by atoms with van der Waals surface area (Å²) in [6.45, 7) is 3.51. The Balaban J connectivity index is 2.18. The molecule has 144 valence electrons. The van der Waals surface area contributed by atoms with Gasteiger partial charge in [0, 0.05) is 11.3 Å². The Morgan fingerprint density at radius 3 is 2.19 bits per heavy atom. The molecule has 0 aliphatic rings. The van der Waals surface area contributed by atoms with Crippen molar-refractivity contribution in [1.82, 2.24) is 0 Å². The molecule has 2 N–H and O–H groups in total. The molecule has 0 saturated carbocycles. The second-order valence-electron chi connectivity index (χ2n) is 5.92. The number of hydrogen-bond donors (Lipinski definition) is 2. The van der Waals surface area contributed by atoms with Crippen molar-refractivity contribution in [2.75, 3.05) is 22.9 Å². The molecule has 1 amide bonds. The zero-order valence-corrected chi connectivity index (χ0v) is 16.2. The highest BCUT2D eigenvalue weighted by Gasteiger charge is 2.14. The summed E-state index contributed by atoms with van der Waals surface area (Å²) in [6.07, 6.45) is 0.506. The first-order valence-electron chi connectivity index (χ1n) is 8.37. The summed E-state index contributed by atoms with van der Waals surface area (Å²) in [5, 5.41) is 2.76. The van der Waals surface area contributed by atoms with Crippen LogP contribution in [0.3, 0.4) is 0 Å². The van der Waals surface area contributed by atoms with Gasteiger partial charge in [0.05, 0.1) is 24.1 Å². The minimum atomic E-state index is -3.43. The van der Waals surface area contributed by atoms with Gasteiger partial charge in [0.25, 0.3) is 5.91 Å². The molecule has 0 aromatic heterocycles. The summed E-state index contributed by atoms with van der Waals surface area (Å²) in [5.74, 6) is -0.830. The fraction of sp³-hybridized carbons (Fsp3) is 0.263. The second-order valence-corrected chi connectivity index (χ2v) is 7.76. The van der Waals surface area contributed by atoms with E-state index in [-0.39, 0.29) is 11.7 Å². The number of ether oxygens (including phenoxy) is 1. The number of esters is 1. The summed E-state index contributed by atoms with van der Waals surface area (Å²) < 4.78 is 31.1. The third kappa shape index (κ3) is 5.30. The molecule has 0 heterocycles. The third-order valence-corrected chi connectivity index (χ3v) is 5.37. The van der Waals surface area contributed by atoms with Gasteiger partial charge in [-0.2, -0.15) is 0 Å². The molecular weight excluding hydrogens is 368 g/mol. The van der Waals surface area contributed by atoms with E-state index in [1.165, 1.54) is 31.4 Å². The van der Waals surface area contributed by atoms with Crippen molar-refractivity contribution in [2.45, 2.75) is 20.3 Å². The van der Waals surface area contributed by atoms with Crippen molar-refractivity contribution in [2.24, 2.45) is 0 Å². The van der Waals surface area contributed by atoms with Crippen molar-refractivity contribution in [1.29, 1.82) is 0 Å². The van der Waals surface area contributed by atoms with E-state index >= 15 is 0 Å². The zero-order chi connectivity index (χ0) is 20.0. The van der Waals surface area contributed by atoms with Gasteiger partial charge >= 0.3 is 5.97 Å². The number of benzene rings is 2. The highest BCUT2D eigenvalue weighted by Crippen LogP contribution is 2.25. The molecule has 0 atom stereocenters. The molecule has 0 aliphatic heterocycles. The van der Waals surface area contributed by atoms with E-state index in [0.29, 0.717) is 34.5 Å². The number of nitrogens with one attached hydrogen (secondary N) is 2. The van der Waals surface area contributed by atoms with Gasteiger partial charge in [-0.15, -0.1) is 0 Å². The van der Waals surface area contributed by atoms with E-state index in [0.717, 1.165) is 0 Å². The molecule has 2 aromatic rings. The first-order chi connectivity index (χ1) is 12.8. The fourth-order valence-corrected chi connectivity index (χ4v) is 3.63. The quantitative estimate of drug-likeness (QED) is 0.707. The van der Waals surface area contributed by atoms with Crippen molar-refractivity contribution >= 4 is 33.3 Å². The Morgan fingerprint density at radius 2 is 1.59 bits per heavy atom. The maximum atomic E-state index is 12.5. The van der Waals surface area contributed by atoms with Crippen molar-refractivity contribution in [3.8, 4) is 0 Å². The van der Waals surface area contributed by atoms with E-state index in [2.05, 4.69) is 14.8 Å². The first-order valence-corrected chi connectivity index (χ1v) is 10.0. The van der Waals surface area contributed by atoms with Crippen LogP contribution < -0.4 is 10.0 Å². The Morgan fingerprint density at radius 1 is 1.00 bits per heavy atom. The third-order valence-electron chi connectivity index (χ3n) is 3.89. The van der Waals surface area contributed by atoms with Crippen LogP contribution in [-0.4, -0.2) is 33.2 Å². The molecule has 2 aromatic carbocycles. The largest absolute Gasteiger partial charge is 0.465 e. The van der Waals surface area contributed by atoms with E-state index in [1.807, 2.05) is 0 Å². The van der Waals surface area contributed by atoms with Gasteiger partial charge < -0.3 is 10.1 Å². The van der Waals surface area contributed by atoms with Gasteiger partial charge in [0.2, 0.25) is 10.0 Å². The molecule has 0 spiro atoms. The lowest BCUT2D eigenvalue weighted by Gasteiger charge is -2.14. The maximum Gasteiger partial charge on any atom is 0.337 e. The van der Waals surface area contributed by atoms with Crippen LogP contribution in [0.2, 0.25) is 0 Å². The Kier molecular flexibility index (Phi) is 6.57. The highest BCUT2D eigenvalue weighted by atomic mass is 32.2. The Labute approximate surface area is 158 Å². The predicted molar refractivity (Wildman–Crippen MR) is 105 cm³/mol. The van der Waals surface area contributed by atoms with E-state index in [1.54, 1.807) is 32.0 Å². The minimum absolute atomic E-state index is 0.0234. The smallest absolute Gasteiger partial charge is 0.337 e. The second kappa shape index (κ2) is 8.68. The van der Waals surface area contributed by atoms with Crippen molar-refractivity contribution < 1.29 is 22.7 Å². The summed E-state index contributed by atoms with van der Waals surface area (Å²) in [4.78, 5) is 23.9. The van der Waals surface area contributed by atoms with Gasteiger partial charge in [-0.3, -0.25) is 9.52 Å². The van der Waals surface area contributed by atoms with Crippen LogP contribution in [-0.2, 0) is 14.8 Å². The van der Waals surface area contributed by atoms with E-state index in [9.17, 15) is 18.0 Å². The Hall–Kier alpha value is -2.87. The molecule has 0 fully saturated rings. The fourth-order valence-electron chi connectivity index (χ4n) is 2.44. The Bertz CT molecular complexity index is 937. The minimum Gasteiger partial charge on any atom is -0.465 e. The zero-order valence-electron chi connectivity index (χ0n) is 15.4. The number of carbonyl (C=O) groups is 2. The summed E-state index contributed by atoms with van der Waals surface area (Å²) >= 11 is 0. The predicted octanol–water partition coefficient (Wildman–Crippen LogP) is 3.19. The van der Waals surface area contributed by atoms with Crippen molar-refractivity contribution in [3.63, 3.8) is 0 Å². The molecule has 7 nitrogen and oxygen atoms in total. The SMILES string of the molecule is CCCS(=O)(=O)Nc1cccc(NC(=O)c2ccc(C(=O)OC)cc2)c1C. The molecule has 0 bridgehead atoms. The number of methoxy groups -OCH3 is 1. The van der Waals surface area contributed by atoms with Crippen LogP contribution in [0.5, 0.6) is 0 Å². The maximum absolute atomic E-state index is 12.5. The van der Waals surface area contributed by atoms with Crippen LogP contribution in [0.15, 0.2) is 42.5 Å². The van der Waals surface area contributed by atoms with Crippen LogP contribution >= 0.6 is 0 Å².